The first-order chi connectivity index (χ1) is 5.61. The Hall–Kier alpha value is -0.970. The Balaban J connectivity index is 2.93. The molecule has 0 bridgehead atoms. The molecule has 0 atom stereocenters. The van der Waals surface area contributed by atoms with Crippen LogP contribution in [0.2, 0.25) is 0 Å². The van der Waals surface area contributed by atoms with Crippen molar-refractivity contribution in [3.63, 3.8) is 0 Å². The molecule has 0 aliphatic heterocycles. The lowest BCUT2D eigenvalue weighted by Crippen LogP contribution is -1.76. The van der Waals surface area contributed by atoms with Crippen molar-refractivity contribution in [1.29, 1.82) is 0 Å². The molecule has 5 heteroatoms. The van der Waals surface area contributed by atoms with Crippen LogP contribution >= 0.6 is 11.3 Å². The fraction of sp³-hybridized carbons (Fsp3) is 0.143. The minimum Gasteiger partial charge on any atom is -0.353 e. The van der Waals surface area contributed by atoms with Gasteiger partial charge >= 0.3 is 0 Å². The number of aromatic amines is 1. The second-order valence-electron chi connectivity index (χ2n) is 2.46. The third-order valence-electron chi connectivity index (χ3n) is 1.65. The van der Waals surface area contributed by atoms with E-state index in [1.807, 2.05) is 0 Å². The van der Waals surface area contributed by atoms with E-state index in [1.54, 1.807) is 0 Å². The summed E-state index contributed by atoms with van der Waals surface area (Å²) in [6.07, 6.45) is 0. The van der Waals surface area contributed by atoms with E-state index in [9.17, 15) is 13.2 Å². The molecule has 0 saturated carbocycles. The molecule has 0 aliphatic rings. The maximum absolute atomic E-state index is 13.0. The average Bonchev–Trinajstić information content (AvgIpc) is 2.43. The van der Waals surface area contributed by atoms with E-state index in [1.165, 1.54) is 6.92 Å². The van der Waals surface area contributed by atoms with E-state index in [2.05, 4.69) is 4.98 Å². The number of fused-ring (bicyclic) bond motifs is 1. The van der Waals surface area contributed by atoms with Crippen molar-refractivity contribution in [2.75, 3.05) is 0 Å². The molecule has 0 aromatic carbocycles. The van der Waals surface area contributed by atoms with Crippen LogP contribution in [0.1, 0.15) is 5.69 Å². The van der Waals surface area contributed by atoms with Crippen molar-refractivity contribution in [2.24, 2.45) is 0 Å². The van der Waals surface area contributed by atoms with Crippen LogP contribution in [0.5, 0.6) is 0 Å². The van der Waals surface area contributed by atoms with Crippen LogP contribution in [0.3, 0.4) is 0 Å². The summed E-state index contributed by atoms with van der Waals surface area (Å²) in [4.78, 5) is 2.44. The summed E-state index contributed by atoms with van der Waals surface area (Å²) in [7, 11) is 0. The van der Waals surface area contributed by atoms with Crippen LogP contribution in [0.4, 0.5) is 13.2 Å². The third kappa shape index (κ3) is 0.797. The molecule has 12 heavy (non-hydrogen) atoms. The van der Waals surface area contributed by atoms with E-state index < -0.39 is 16.8 Å². The fourth-order valence-electron chi connectivity index (χ4n) is 1.06. The highest BCUT2D eigenvalue weighted by molar-refractivity contribution is 7.17. The second-order valence-corrected chi connectivity index (χ2v) is 3.43. The maximum Gasteiger partial charge on any atom is 0.215 e. The van der Waals surface area contributed by atoms with E-state index in [0.29, 0.717) is 11.3 Å². The first-order valence-electron chi connectivity index (χ1n) is 3.23. The number of H-pyrrole nitrogens is 1. The molecule has 2 rings (SSSR count). The molecule has 64 valence electrons. The Morgan fingerprint density at radius 1 is 1.17 bits per heavy atom. The van der Waals surface area contributed by atoms with Gasteiger partial charge in [0.1, 0.15) is 0 Å². The zero-order chi connectivity index (χ0) is 8.88. The minimum absolute atomic E-state index is 0.0162. The normalized spacial score (nSPS) is 11.3. The topological polar surface area (TPSA) is 15.8 Å². The molecular formula is C7H4F3NS. The Morgan fingerprint density at radius 2 is 1.83 bits per heavy atom. The number of hydrogen-bond acceptors (Lipinski definition) is 1. The second kappa shape index (κ2) is 2.26. The van der Waals surface area contributed by atoms with Gasteiger partial charge in [-0.1, -0.05) is 11.3 Å². The zero-order valence-corrected chi connectivity index (χ0v) is 6.86. The lowest BCUT2D eigenvalue weighted by molar-refractivity contribution is 0.536. The highest BCUT2D eigenvalue weighted by Gasteiger charge is 2.18. The van der Waals surface area contributed by atoms with Gasteiger partial charge in [0.25, 0.3) is 0 Å². The van der Waals surface area contributed by atoms with Crippen molar-refractivity contribution in [3.8, 4) is 0 Å². The summed E-state index contributed by atoms with van der Waals surface area (Å²) in [5.41, 5.74) is 0.155. The molecule has 0 aliphatic carbocycles. The van der Waals surface area contributed by atoms with Crippen LogP contribution in [-0.2, 0) is 0 Å². The SMILES string of the molecule is Cc1[nH]c2c(F)c(F)sc2c1F. The van der Waals surface area contributed by atoms with Gasteiger partial charge in [0, 0.05) is 5.69 Å². The van der Waals surface area contributed by atoms with Gasteiger partial charge in [0.2, 0.25) is 5.13 Å². The summed E-state index contributed by atoms with van der Waals surface area (Å²) in [6, 6.07) is 0. The molecule has 2 aromatic heterocycles. The molecule has 0 radical (unpaired) electrons. The molecule has 0 spiro atoms. The summed E-state index contributed by atoms with van der Waals surface area (Å²) >= 11 is 0.478. The van der Waals surface area contributed by atoms with Crippen molar-refractivity contribution < 1.29 is 13.2 Å². The van der Waals surface area contributed by atoms with E-state index in [4.69, 9.17) is 0 Å². The molecule has 0 amide bonds. The first-order valence-corrected chi connectivity index (χ1v) is 4.04. The summed E-state index contributed by atoms with van der Waals surface area (Å²) < 4.78 is 38.3. The minimum atomic E-state index is -0.998. The number of hydrogen-bond donors (Lipinski definition) is 1. The van der Waals surface area contributed by atoms with Gasteiger partial charge in [-0.3, -0.25) is 0 Å². The van der Waals surface area contributed by atoms with E-state index >= 15 is 0 Å². The smallest absolute Gasteiger partial charge is 0.215 e. The van der Waals surface area contributed by atoms with Crippen molar-refractivity contribution in [3.05, 3.63) is 22.5 Å². The van der Waals surface area contributed by atoms with Crippen LogP contribution < -0.4 is 0 Å². The standard InChI is InChI=1S/C7H4F3NS/c1-2-3(8)6-5(11-2)4(9)7(10)12-6/h11H,1H3. The quantitative estimate of drug-likeness (QED) is 0.658. The summed E-state index contributed by atoms with van der Waals surface area (Å²) in [6.45, 7) is 1.47. The van der Waals surface area contributed by atoms with Crippen LogP contribution in [-0.4, -0.2) is 4.98 Å². The van der Waals surface area contributed by atoms with Crippen LogP contribution in [0.25, 0.3) is 10.2 Å². The molecule has 0 unspecified atom stereocenters. The first kappa shape index (κ1) is 7.67. The van der Waals surface area contributed by atoms with Crippen molar-refractivity contribution >= 4 is 21.6 Å². The Morgan fingerprint density at radius 3 is 2.42 bits per heavy atom. The Bertz CT molecular complexity index is 401. The summed E-state index contributed by atoms with van der Waals surface area (Å²) in [5, 5.41) is -0.977. The lowest BCUT2D eigenvalue weighted by atomic mass is 10.4. The number of thiophene rings is 1. The molecule has 0 saturated heterocycles. The van der Waals surface area contributed by atoms with Gasteiger partial charge in [0.15, 0.2) is 11.6 Å². The van der Waals surface area contributed by atoms with Gasteiger partial charge in [0.05, 0.1) is 10.2 Å². The predicted octanol–water partition coefficient (Wildman–Crippen LogP) is 2.96. The molecule has 0 fully saturated rings. The Labute approximate surface area is 69.8 Å². The highest BCUT2D eigenvalue weighted by Crippen LogP contribution is 2.31. The van der Waals surface area contributed by atoms with Crippen molar-refractivity contribution in [2.45, 2.75) is 6.92 Å². The molecular weight excluding hydrogens is 187 g/mol. The fourth-order valence-corrected chi connectivity index (χ4v) is 1.92. The van der Waals surface area contributed by atoms with Crippen LogP contribution in [0, 0.1) is 23.7 Å². The predicted molar refractivity (Wildman–Crippen MR) is 40.8 cm³/mol. The average molecular weight is 191 g/mol. The third-order valence-corrected chi connectivity index (χ3v) is 2.60. The number of rotatable bonds is 0. The summed E-state index contributed by atoms with van der Waals surface area (Å²) in [5.74, 6) is -1.57. The molecule has 2 aromatic rings. The lowest BCUT2D eigenvalue weighted by Gasteiger charge is -1.82. The molecule has 1 nitrogen and oxygen atoms in total. The number of nitrogens with one attached hydrogen (secondary N) is 1. The largest absolute Gasteiger partial charge is 0.353 e. The van der Waals surface area contributed by atoms with E-state index in [0.717, 1.165) is 0 Å². The monoisotopic (exact) mass is 191 g/mol. The zero-order valence-electron chi connectivity index (χ0n) is 6.04. The van der Waals surface area contributed by atoms with Gasteiger partial charge in [-0.05, 0) is 6.92 Å². The highest BCUT2D eigenvalue weighted by atomic mass is 32.1. The van der Waals surface area contributed by atoms with Crippen LogP contribution in [0.15, 0.2) is 0 Å². The number of aryl methyl sites for hydroxylation is 1. The molecule has 1 N–H and O–H groups in total. The van der Waals surface area contributed by atoms with Crippen molar-refractivity contribution in [1.82, 2.24) is 4.98 Å². The van der Waals surface area contributed by atoms with E-state index in [-0.39, 0.29) is 15.9 Å². The van der Waals surface area contributed by atoms with Gasteiger partial charge < -0.3 is 4.98 Å². The maximum atomic E-state index is 13.0. The Kier molecular flexibility index (Phi) is 1.44. The van der Waals surface area contributed by atoms with Gasteiger partial charge in [-0.15, -0.1) is 0 Å². The van der Waals surface area contributed by atoms with Gasteiger partial charge in [-0.25, -0.2) is 8.78 Å². The van der Waals surface area contributed by atoms with Gasteiger partial charge in [-0.2, -0.15) is 4.39 Å². The number of aromatic nitrogens is 1. The number of halogens is 3. The molecule has 2 heterocycles.